The lowest BCUT2D eigenvalue weighted by atomic mass is 10.1. The number of fused-ring (bicyclic) bond motifs is 2. The van der Waals surface area contributed by atoms with E-state index in [1.54, 1.807) is 13.0 Å². The van der Waals surface area contributed by atoms with E-state index in [0.29, 0.717) is 30.7 Å². The van der Waals surface area contributed by atoms with E-state index >= 15 is 0 Å². The van der Waals surface area contributed by atoms with E-state index in [4.69, 9.17) is 0 Å². The minimum Gasteiger partial charge on any atom is -0.351 e. The van der Waals surface area contributed by atoms with Crippen LogP contribution in [0.1, 0.15) is 30.4 Å². The topological polar surface area (TPSA) is 44.4 Å². The van der Waals surface area contributed by atoms with Gasteiger partial charge in [0.25, 0.3) is 0 Å². The van der Waals surface area contributed by atoms with Crippen molar-refractivity contribution in [1.82, 2.24) is 15.5 Å². The molecule has 1 aromatic carbocycles. The average molecular weight is 342 g/mol. The monoisotopic (exact) mass is 341 g/mol. The van der Waals surface area contributed by atoms with Gasteiger partial charge in [-0.1, -0.05) is 12.1 Å². The molecule has 1 aromatic rings. The van der Waals surface area contributed by atoms with Gasteiger partial charge < -0.3 is 10.6 Å². The molecule has 0 aliphatic carbocycles. The predicted molar refractivity (Wildman–Crippen MR) is 91.2 cm³/mol. The van der Waals surface area contributed by atoms with E-state index in [2.05, 4.69) is 15.5 Å². The number of benzene rings is 1. The highest BCUT2D eigenvalue weighted by Gasteiger charge is 2.29. The van der Waals surface area contributed by atoms with Crippen LogP contribution in [0.25, 0.3) is 0 Å². The lowest BCUT2D eigenvalue weighted by Gasteiger charge is -2.23. The Morgan fingerprint density at radius 2 is 2.13 bits per heavy atom. The summed E-state index contributed by atoms with van der Waals surface area (Å²) in [7, 11) is 0. The number of aryl methyl sites for hydroxylation is 1. The van der Waals surface area contributed by atoms with Crippen LogP contribution in [-0.2, 0) is 11.3 Å². The number of nitrogens with zero attached hydrogens (tertiary/aromatic N) is 1. The molecular weight excluding hydrogens is 317 g/mol. The van der Waals surface area contributed by atoms with E-state index in [0.717, 1.165) is 25.1 Å². The van der Waals surface area contributed by atoms with Gasteiger partial charge >= 0.3 is 0 Å². The van der Waals surface area contributed by atoms with Crippen LogP contribution in [0.2, 0.25) is 0 Å². The van der Waals surface area contributed by atoms with Crippen molar-refractivity contribution in [1.29, 1.82) is 0 Å². The van der Waals surface area contributed by atoms with Crippen molar-refractivity contribution in [3.05, 3.63) is 35.1 Å². The highest BCUT2D eigenvalue weighted by molar-refractivity contribution is 5.85. The molecule has 2 N–H and O–H groups in total. The van der Waals surface area contributed by atoms with Crippen molar-refractivity contribution in [3.8, 4) is 0 Å². The van der Waals surface area contributed by atoms with E-state index < -0.39 is 0 Å². The molecule has 128 valence electrons. The van der Waals surface area contributed by atoms with Gasteiger partial charge in [-0.05, 0) is 43.4 Å². The molecule has 2 aliphatic heterocycles. The summed E-state index contributed by atoms with van der Waals surface area (Å²) in [5.41, 5.74) is 1.43. The summed E-state index contributed by atoms with van der Waals surface area (Å²) in [5.74, 6) is -0.208. The molecule has 6 heteroatoms. The van der Waals surface area contributed by atoms with E-state index in [-0.39, 0.29) is 24.1 Å². The summed E-state index contributed by atoms with van der Waals surface area (Å²) in [4.78, 5) is 14.3. The first kappa shape index (κ1) is 18.2. The van der Waals surface area contributed by atoms with Crippen molar-refractivity contribution < 1.29 is 9.18 Å². The molecule has 1 amide bonds. The van der Waals surface area contributed by atoms with Crippen LogP contribution in [0, 0.1) is 12.7 Å². The molecule has 2 fully saturated rings. The van der Waals surface area contributed by atoms with Crippen LogP contribution in [0.4, 0.5) is 4.39 Å². The molecule has 2 bridgehead atoms. The summed E-state index contributed by atoms with van der Waals surface area (Å²) >= 11 is 0. The number of hydrogen-bond donors (Lipinski definition) is 2. The second-order valence-electron chi connectivity index (χ2n) is 6.52. The third-order valence-corrected chi connectivity index (χ3v) is 4.70. The first-order valence-corrected chi connectivity index (χ1v) is 8.10. The Labute approximate surface area is 143 Å². The number of likely N-dealkylation sites (tertiary alicyclic amines) is 1. The number of halogens is 2. The van der Waals surface area contributed by atoms with Crippen molar-refractivity contribution in [2.45, 2.75) is 44.8 Å². The lowest BCUT2D eigenvalue weighted by Crippen LogP contribution is -2.41. The Morgan fingerprint density at radius 3 is 2.91 bits per heavy atom. The fourth-order valence-corrected chi connectivity index (χ4v) is 3.36. The molecule has 0 radical (unpaired) electrons. The van der Waals surface area contributed by atoms with Crippen LogP contribution in [0.5, 0.6) is 0 Å². The normalized spacial score (nSPS) is 23.9. The van der Waals surface area contributed by atoms with Crippen LogP contribution < -0.4 is 10.6 Å². The molecule has 2 saturated heterocycles. The molecule has 2 atom stereocenters. The van der Waals surface area contributed by atoms with Crippen LogP contribution in [0.3, 0.4) is 0 Å². The van der Waals surface area contributed by atoms with Gasteiger partial charge in [-0.15, -0.1) is 12.4 Å². The Morgan fingerprint density at radius 1 is 1.35 bits per heavy atom. The summed E-state index contributed by atoms with van der Waals surface area (Å²) in [6.45, 7) is 4.47. The second-order valence-corrected chi connectivity index (χ2v) is 6.52. The van der Waals surface area contributed by atoms with Crippen molar-refractivity contribution >= 4 is 18.3 Å². The Balaban J connectivity index is 0.00000192. The maximum atomic E-state index is 13.5. The highest BCUT2D eigenvalue weighted by Crippen LogP contribution is 2.20. The first-order valence-electron chi connectivity index (χ1n) is 8.10. The molecule has 0 aromatic heterocycles. The van der Waals surface area contributed by atoms with Crippen molar-refractivity contribution in [2.24, 2.45) is 0 Å². The van der Waals surface area contributed by atoms with Crippen LogP contribution >= 0.6 is 12.4 Å². The molecule has 3 rings (SSSR count). The number of hydrogen-bond acceptors (Lipinski definition) is 3. The van der Waals surface area contributed by atoms with Gasteiger partial charge in [-0.3, -0.25) is 9.69 Å². The zero-order chi connectivity index (χ0) is 15.5. The molecule has 0 saturated carbocycles. The van der Waals surface area contributed by atoms with Gasteiger partial charge in [0.2, 0.25) is 5.91 Å². The predicted octanol–water partition coefficient (Wildman–Crippen LogP) is 2.00. The smallest absolute Gasteiger partial charge is 0.234 e. The Hall–Kier alpha value is -1.17. The van der Waals surface area contributed by atoms with Gasteiger partial charge in [-0.2, -0.15) is 0 Å². The van der Waals surface area contributed by atoms with Gasteiger partial charge in [-0.25, -0.2) is 4.39 Å². The average Bonchev–Trinajstić information content (AvgIpc) is 2.83. The Bertz CT molecular complexity index is 555. The minimum absolute atomic E-state index is 0. The van der Waals surface area contributed by atoms with Gasteiger partial charge in [0.1, 0.15) is 5.82 Å². The third kappa shape index (κ3) is 4.90. The summed E-state index contributed by atoms with van der Waals surface area (Å²) in [6, 6.07) is 6.26. The quantitative estimate of drug-likeness (QED) is 0.880. The zero-order valence-corrected chi connectivity index (χ0v) is 14.3. The fraction of sp³-hybridized carbons (Fsp3) is 0.588. The number of carbonyl (C=O) groups excluding carboxylic acids is 1. The zero-order valence-electron chi connectivity index (χ0n) is 13.5. The molecule has 2 aliphatic rings. The lowest BCUT2D eigenvalue weighted by molar-refractivity contribution is -0.122. The standard InChI is InChI=1S/C17H24FN3O.ClH/c1-12-2-3-13(8-16(12)18)9-19-17(22)11-21-7-6-14-4-5-15(10-21)20-14;/h2-3,8,14-15,20H,4-7,9-11H2,1H3,(H,19,22);1H. The second kappa shape index (κ2) is 8.08. The van der Waals surface area contributed by atoms with E-state index in [1.807, 2.05) is 6.07 Å². The maximum Gasteiger partial charge on any atom is 0.234 e. The van der Waals surface area contributed by atoms with Crippen molar-refractivity contribution in [3.63, 3.8) is 0 Å². The molecule has 2 heterocycles. The Kier molecular flexibility index (Phi) is 6.39. The number of carbonyl (C=O) groups is 1. The molecule has 23 heavy (non-hydrogen) atoms. The fourth-order valence-electron chi connectivity index (χ4n) is 3.36. The molecule has 0 spiro atoms. The maximum absolute atomic E-state index is 13.5. The van der Waals surface area contributed by atoms with Gasteiger partial charge in [0, 0.05) is 31.7 Å². The van der Waals surface area contributed by atoms with Crippen LogP contribution in [0.15, 0.2) is 18.2 Å². The first-order chi connectivity index (χ1) is 10.6. The molecule has 2 unspecified atom stereocenters. The third-order valence-electron chi connectivity index (χ3n) is 4.70. The van der Waals surface area contributed by atoms with Gasteiger partial charge in [0.15, 0.2) is 0 Å². The van der Waals surface area contributed by atoms with Crippen LogP contribution in [-0.4, -0.2) is 42.5 Å². The largest absolute Gasteiger partial charge is 0.351 e. The summed E-state index contributed by atoms with van der Waals surface area (Å²) in [6.07, 6.45) is 3.60. The summed E-state index contributed by atoms with van der Waals surface area (Å²) < 4.78 is 13.5. The highest BCUT2D eigenvalue weighted by atomic mass is 35.5. The van der Waals surface area contributed by atoms with E-state index in [1.165, 1.54) is 18.9 Å². The minimum atomic E-state index is -0.221. The number of amides is 1. The molecule has 4 nitrogen and oxygen atoms in total. The van der Waals surface area contributed by atoms with E-state index in [9.17, 15) is 9.18 Å². The van der Waals surface area contributed by atoms with Gasteiger partial charge in [0.05, 0.1) is 6.54 Å². The number of rotatable bonds is 4. The number of nitrogens with one attached hydrogen (secondary N) is 2. The van der Waals surface area contributed by atoms with Crippen molar-refractivity contribution in [2.75, 3.05) is 19.6 Å². The molecular formula is C17H25ClFN3O. The summed E-state index contributed by atoms with van der Waals surface area (Å²) in [5, 5.41) is 6.50. The SMILES string of the molecule is Cc1ccc(CNC(=O)CN2CCC3CCC(C2)N3)cc1F.Cl.